The molecule has 0 aromatic heterocycles. The maximum absolute atomic E-state index is 14.6. The van der Waals surface area contributed by atoms with Crippen molar-refractivity contribution in [1.82, 2.24) is 25.3 Å². The molecule has 0 aliphatic carbocycles. The third-order valence-corrected chi connectivity index (χ3v) is 7.52. The number of carbonyl (C=O) groups excluding carboxylic acids is 4. The van der Waals surface area contributed by atoms with E-state index in [0.29, 0.717) is 19.1 Å². The van der Waals surface area contributed by atoms with Crippen LogP contribution in [0.15, 0.2) is 28.5 Å². The van der Waals surface area contributed by atoms with Gasteiger partial charge < -0.3 is 34.8 Å². The number of amides is 4. The topological polar surface area (TPSA) is 133 Å². The summed E-state index contributed by atoms with van der Waals surface area (Å²) in [5.41, 5.74) is -4.03. The summed E-state index contributed by atoms with van der Waals surface area (Å²) in [7, 11) is 0. The quantitative estimate of drug-likeness (QED) is 0.180. The molecule has 2 aliphatic heterocycles. The molecule has 1 aromatic rings. The summed E-state index contributed by atoms with van der Waals surface area (Å²) in [5, 5.41) is 5.32. The van der Waals surface area contributed by atoms with Gasteiger partial charge in [0.05, 0.1) is 12.2 Å². The molecule has 1 atom stereocenters. The smallest absolute Gasteiger partial charge is 0.429 e. The minimum Gasteiger partial charge on any atom is -0.444 e. The van der Waals surface area contributed by atoms with E-state index in [-0.39, 0.29) is 57.1 Å². The third-order valence-electron chi connectivity index (χ3n) is 7.52. The highest BCUT2D eigenvalue weighted by molar-refractivity contribution is 5.99. The van der Waals surface area contributed by atoms with Crippen molar-refractivity contribution in [3.63, 3.8) is 0 Å². The number of halogens is 6. The molecular weight excluding hydrogens is 690 g/mol. The molecule has 12 nitrogen and oxygen atoms in total. The Morgan fingerprint density at radius 1 is 0.843 bits per heavy atom. The van der Waals surface area contributed by atoms with Gasteiger partial charge in [0.2, 0.25) is 5.91 Å². The van der Waals surface area contributed by atoms with Gasteiger partial charge in [-0.05, 0) is 66.5 Å². The average Bonchev–Trinajstić information content (AvgIpc) is 2.99. The maximum atomic E-state index is 14.6. The van der Waals surface area contributed by atoms with Crippen LogP contribution in [-0.4, -0.2) is 114 Å². The molecule has 284 valence electrons. The van der Waals surface area contributed by atoms with E-state index >= 15 is 0 Å². The average molecular weight is 735 g/mol. The predicted octanol–water partition coefficient (Wildman–Crippen LogP) is 4.68. The fourth-order valence-electron chi connectivity index (χ4n) is 5.06. The fraction of sp³-hybridized carbons (Fsp3) is 0.606. The molecule has 2 N–H and O–H groups in total. The molecule has 2 aliphatic rings. The van der Waals surface area contributed by atoms with Gasteiger partial charge in [-0.1, -0.05) is 0 Å². The lowest BCUT2D eigenvalue weighted by molar-refractivity contribution is -0.132. The molecule has 3 rings (SSSR count). The first-order valence-electron chi connectivity index (χ1n) is 16.2. The van der Waals surface area contributed by atoms with E-state index in [1.807, 2.05) is 0 Å². The Balaban J connectivity index is 1.87. The zero-order chi connectivity index (χ0) is 38.5. The normalized spacial score (nSPS) is 17.7. The first-order valence-corrected chi connectivity index (χ1v) is 16.2. The van der Waals surface area contributed by atoms with E-state index in [4.69, 9.17) is 9.47 Å². The van der Waals surface area contributed by atoms with Crippen LogP contribution in [0.5, 0.6) is 0 Å². The van der Waals surface area contributed by atoms with Gasteiger partial charge in [-0.3, -0.25) is 9.59 Å². The number of alkyl carbamates (subject to hydrolysis) is 1. The third kappa shape index (κ3) is 12.3. The van der Waals surface area contributed by atoms with Crippen LogP contribution in [0.25, 0.3) is 0 Å². The van der Waals surface area contributed by atoms with E-state index in [9.17, 15) is 45.5 Å². The highest BCUT2D eigenvalue weighted by Gasteiger charge is 2.36. The van der Waals surface area contributed by atoms with Crippen LogP contribution in [0.1, 0.15) is 60.5 Å². The maximum Gasteiger partial charge on any atom is 0.429 e. The Morgan fingerprint density at radius 3 is 1.98 bits per heavy atom. The van der Waals surface area contributed by atoms with Crippen molar-refractivity contribution in [3.05, 3.63) is 46.5 Å². The lowest BCUT2D eigenvalue weighted by Gasteiger charge is -2.36. The second-order valence-corrected chi connectivity index (χ2v) is 14.1. The molecule has 18 heteroatoms. The van der Waals surface area contributed by atoms with Gasteiger partial charge in [0, 0.05) is 57.8 Å². The van der Waals surface area contributed by atoms with E-state index in [1.54, 1.807) is 41.5 Å². The summed E-state index contributed by atoms with van der Waals surface area (Å²) in [6.07, 6.45) is -7.40. The monoisotopic (exact) mass is 734 g/mol. The van der Waals surface area contributed by atoms with Crippen molar-refractivity contribution >= 4 is 29.7 Å². The van der Waals surface area contributed by atoms with Gasteiger partial charge in [0.25, 0.3) is 5.91 Å². The number of nitrogens with zero attached hydrogens (tertiary/aromatic N) is 4. The van der Waals surface area contributed by atoms with Gasteiger partial charge in [0.15, 0.2) is 11.6 Å². The van der Waals surface area contributed by atoms with Crippen LogP contribution in [0, 0.1) is 17.5 Å². The zero-order valence-corrected chi connectivity index (χ0v) is 29.6. The largest absolute Gasteiger partial charge is 0.444 e. The number of hydrogen-bond donors (Lipinski definition) is 2. The summed E-state index contributed by atoms with van der Waals surface area (Å²) in [5.74, 6) is -5.41. The minimum absolute atomic E-state index is 0.00677. The van der Waals surface area contributed by atoms with Crippen LogP contribution in [0.4, 0.5) is 35.9 Å². The number of piperazine rings is 2. The van der Waals surface area contributed by atoms with Gasteiger partial charge >= 0.3 is 18.4 Å². The second-order valence-electron chi connectivity index (χ2n) is 14.1. The van der Waals surface area contributed by atoms with Crippen molar-refractivity contribution in [3.8, 4) is 0 Å². The van der Waals surface area contributed by atoms with Crippen LogP contribution >= 0.6 is 0 Å². The highest BCUT2D eigenvalue weighted by atomic mass is 19.4. The molecular formula is C33H44F6N6O6. The van der Waals surface area contributed by atoms with E-state index in [1.165, 1.54) is 14.7 Å². The Hall–Kier alpha value is -4.51. The van der Waals surface area contributed by atoms with Crippen molar-refractivity contribution in [1.29, 1.82) is 0 Å². The van der Waals surface area contributed by atoms with Crippen LogP contribution in [-0.2, 0) is 25.5 Å². The summed E-state index contributed by atoms with van der Waals surface area (Å²) in [4.78, 5) is 59.9. The van der Waals surface area contributed by atoms with Crippen molar-refractivity contribution in [2.45, 2.75) is 84.7 Å². The summed E-state index contributed by atoms with van der Waals surface area (Å²) >= 11 is 0. The van der Waals surface area contributed by atoms with E-state index in [2.05, 4.69) is 15.6 Å². The Kier molecular flexibility index (Phi) is 13.0. The molecule has 0 saturated carbocycles. The lowest BCUT2D eigenvalue weighted by atomic mass is 10.0. The number of benzene rings is 1. The van der Waals surface area contributed by atoms with Gasteiger partial charge in [0.1, 0.15) is 28.4 Å². The molecule has 0 bridgehead atoms. The zero-order valence-electron chi connectivity index (χ0n) is 29.6. The number of aliphatic imine (C=N–C) groups is 1. The molecule has 2 saturated heterocycles. The number of alkyl halides is 3. The highest BCUT2D eigenvalue weighted by Crippen LogP contribution is 2.23. The van der Waals surface area contributed by atoms with Crippen LogP contribution in [0.2, 0.25) is 0 Å². The number of nitrogens with one attached hydrogen (secondary N) is 2. The molecule has 51 heavy (non-hydrogen) atoms. The molecule has 1 aromatic carbocycles. The first-order chi connectivity index (χ1) is 23.4. The van der Waals surface area contributed by atoms with E-state index < -0.39 is 89.1 Å². The molecule has 4 amide bonds. The number of rotatable bonds is 7. The van der Waals surface area contributed by atoms with Gasteiger partial charge in [-0.25, -0.2) is 27.8 Å². The number of ether oxygens (including phenoxy) is 2. The van der Waals surface area contributed by atoms with Gasteiger partial charge in [-0.15, -0.1) is 0 Å². The molecule has 0 radical (unpaired) electrons. The molecule has 2 heterocycles. The Morgan fingerprint density at radius 2 is 1.41 bits per heavy atom. The molecule has 0 unspecified atom stereocenters. The summed E-state index contributed by atoms with van der Waals surface area (Å²) in [6.45, 7) is 10.2. The minimum atomic E-state index is -4.87. The van der Waals surface area contributed by atoms with Crippen LogP contribution in [0.3, 0.4) is 0 Å². The van der Waals surface area contributed by atoms with Gasteiger partial charge in [-0.2, -0.15) is 13.2 Å². The molecule has 2 fully saturated rings. The SMILES string of the molecule is CC(=N/C(C(=O)N1CCN(C(=O)OC(C)(C)C)CC1)=C1/CN(C(=O)C[C@@H](Cc2cc(F)c(F)cc2F)NC(=O)OC(C)(C)C)CCN1)C(F)(F)F. The Bertz CT molecular complexity index is 1540. The van der Waals surface area contributed by atoms with Crippen molar-refractivity contribution in [2.75, 3.05) is 45.8 Å². The summed E-state index contributed by atoms with van der Waals surface area (Å²) in [6, 6.07) is -0.248. The predicted molar refractivity (Wildman–Crippen MR) is 173 cm³/mol. The number of hydrogen-bond acceptors (Lipinski definition) is 8. The van der Waals surface area contributed by atoms with Crippen LogP contribution < -0.4 is 10.6 Å². The Labute approximate surface area is 292 Å². The molecule has 0 spiro atoms. The number of carbonyl (C=O) groups is 4. The standard InChI is InChI=1S/C33H44F6N6O6/c1-19(33(37,38)39)41-27(28(47)43-10-12-44(13-11-43)30(49)51-32(5,6)7)25-18-45(9-8-40-25)26(46)16-21(42-29(48)50-31(2,3)4)14-20-15-23(35)24(36)17-22(20)34/h15,17,21,40H,8-14,16,18H2,1-7H3,(H,42,48)/b27-25-,41-19?/t21-/m1/s1. The first kappa shape index (κ1) is 40.9. The fourth-order valence-corrected chi connectivity index (χ4v) is 5.06. The van der Waals surface area contributed by atoms with E-state index in [0.717, 1.165) is 0 Å². The second kappa shape index (κ2) is 16.2. The lowest BCUT2D eigenvalue weighted by Crippen LogP contribution is -2.53. The van der Waals surface area contributed by atoms with Crippen molar-refractivity contribution in [2.24, 2.45) is 4.99 Å². The van der Waals surface area contributed by atoms with Crippen molar-refractivity contribution < 1.29 is 55.0 Å². The summed E-state index contributed by atoms with van der Waals surface area (Å²) < 4.78 is 93.6.